The maximum Gasteiger partial charge on any atom is 0.118 e. The maximum atomic E-state index is 5.23. The van der Waals surface area contributed by atoms with Gasteiger partial charge in [-0.05, 0) is 48.4 Å². The Morgan fingerprint density at radius 1 is 0.962 bits per heavy atom. The molecule has 1 saturated heterocycles. The molecule has 0 radical (unpaired) electrons. The fraction of sp³-hybridized carbons (Fsp3) is 0.455. The van der Waals surface area contributed by atoms with Gasteiger partial charge in [-0.15, -0.1) is 11.8 Å². The Labute approximate surface area is 162 Å². The van der Waals surface area contributed by atoms with Crippen molar-refractivity contribution >= 4 is 17.4 Å². The van der Waals surface area contributed by atoms with Crippen molar-refractivity contribution in [3.05, 3.63) is 54.1 Å². The van der Waals surface area contributed by atoms with E-state index in [-0.39, 0.29) is 0 Å². The molecule has 0 atom stereocenters. The van der Waals surface area contributed by atoms with Crippen LogP contribution in [0.4, 0.5) is 5.69 Å². The molecule has 0 aliphatic carbocycles. The highest BCUT2D eigenvalue weighted by Gasteiger charge is 2.18. The van der Waals surface area contributed by atoms with Crippen molar-refractivity contribution in [3.63, 3.8) is 0 Å². The monoisotopic (exact) mass is 370 g/mol. The van der Waals surface area contributed by atoms with Crippen LogP contribution in [0.5, 0.6) is 5.75 Å². The number of hydrogen-bond acceptors (Lipinski definition) is 4. The molecular weight excluding hydrogens is 340 g/mol. The Kier molecular flexibility index (Phi) is 7.27. The van der Waals surface area contributed by atoms with Gasteiger partial charge in [0.15, 0.2) is 0 Å². The van der Waals surface area contributed by atoms with Gasteiger partial charge in [-0.2, -0.15) is 0 Å². The fourth-order valence-corrected chi connectivity index (χ4v) is 4.29. The van der Waals surface area contributed by atoms with Gasteiger partial charge in [0.1, 0.15) is 5.75 Å². The lowest BCUT2D eigenvalue weighted by molar-refractivity contribution is 0.260. The van der Waals surface area contributed by atoms with Crippen LogP contribution in [0.25, 0.3) is 0 Å². The fourth-order valence-electron chi connectivity index (χ4n) is 3.34. The Balaban J connectivity index is 1.49. The molecule has 0 bridgehead atoms. The molecule has 0 N–H and O–H groups in total. The van der Waals surface area contributed by atoms with Crippen LogP contribution in [0.3, 0.4) is 0 Å². The van der Waals surface area contributed by atoms with Crippen molar-refractivity contribution in [2.45, 2.75) is 24.7 Å². The second kappa shape index (κ2) is 9.89. The van der Waals surface area contributed by atoms with E-state index in [1.807, 2.05) is 11.8 Å². The third-order valence-electron chi connectivity index (χ3n) is 4.92. The first-order valence-corrected chi connectivity index (χ1v) is 10.6. The molecule has 0 unspecified atom stereocenters. The van der Waals surface area contributed by atoms with Crippen LogP contribution in [-0.2, 0) is 6.42 Å². The zero-order valence-corrected chi connectivity index (χ0v) is 16.8. The summed E-state index contributed by atoms with van der Waals surface area (Å²) < 4.78 is 5.23. The predicted octanol–water partition coefficient (Wildman–Crippen LogP) is 4.56. The van der Waals surface area contributed by atoms with E-state index in [4.69, 9.17) is 4.74 Å². The van der Waals surface area contributed by atoms with Crippen molar-refractivity contribution in [3.8, 4) is 5.75 Å². The molecule has 0 spiro atoms. The lowest BCUT2D eigenvalue weighted by Gasteiger charge is -2.37. The highest BCUT2D eigenvalue weighted by Crippen LogP contribution is 2.31. The molecule has 1 heterocycles. The maximum absolute atomic E-state index is 5.23. The third-order valence-corrected chi connectivity index (χ3v) is 6.18. The summed E-state index contributed by atoms with van der Waals surface area (Å²) >= 11 is 1.99. The summed E-state index contributed by atoms with van der Waals surface area (Å²) in [5, 5.41) is 0. The summed E-state index contributed by atoms with van der Waals surface area (Å²) in [5.41, 5.74) is 2.80. The standard InChI is InChI=1S/C22H30N2OS/c1-3-18-26-22-7-5-4-6-21(22)24-16-14-23(15-17-24)13-12-19-8-10-20(25-2)11-9-19/h4-11H,3,12-18H2,1-2H3. The Morgan fingerprint density at radius 3 is 2.38 bits per heavy atom. The molecule has 2 aromatic carbocycles. The van der Waals surface area contributed by atoms with Crippen molar-refractivity contribution in [1.29, 1.82) is 0 Å². The summed E-state index contributed by atoms with van der Waals surface area (Å²) in [6, 6.07) is 17.3. The van der Waals surface area contributed by atoms with Gasteiger partial charge >= 0.3 is 0 Å². The first-order chi connectivity index (χ1) is 12.8. The largest absolute Gasteiger partial charge is 0.497 e. The van der Waals surface area contributed by atoms with Crippen LogP contribution in [0, 0.1) is 0 Å². The van der Waals surface area contributed by atoms with E-state index < -0.39 is 0 Å². The molecule has 1 fully saturated rings. The number of ether oxygens (including phenoxy) is 1. The van der Waals surface area contributed by atoms with E-state index in [0.717, 1.165) is 44.9 Å². The third kappa shape index (κ3) is 5.18. The molecule has 140 valence electrons. The summed E-state index contributed by atoms with van der Waals surface area (Å²) in [7, 11) is 1.72. The van der Waals surface area contributed by atoms with Crippen LogP contribution in [0.15, 0.2) is 53.4 Å². The molecule has 1 aliphatic rings. The van der Waals surface area contributed by atoms with Gasteiger partial charge in [0.25, 0.3) is 0 Å². The highest BCUT2D eigenvalue weighted by atomic mass is 32.2. The molecule has 0 aromatic heterocycles. The normalized spacial score (nSPS) is 15.2. The number of para-hydroxylation sites is 1. The number of thioether (sulfide) groups is 1. The van der Waals surface area contributed by atoms with Crippen LogP contribution in [0.2, 0.25) is 0 Å². The second-order valence-corrected chi connectivity index (χ2v) is 7.88. The Hall–Kier alpha value is -1.65. The van der Waals surface area contributed by atoms with Gasteiger partial charge in [0, 0.05) is 37.6 Å². The first kappa shape index (κ1) is 19.1. The molecule has 2 aromatic rings. The number of benzene rings is 2. The van der Waals surface area contributed by atoms with Crippen LogP contribution in [-0.4, -0.2) is 50.5 Å². The SMILES string of the molecule is CCCSc1ccccc1N1CCN(CCc2ccc(OC)cc2)CC1. The molecule has 3 rings (SSSR count). The van der Waals surface area contributed by atoms with Gasteiger partial charge in [-0.25, -0.2) is 0 Å². The summed E-state index contributed by atoms with van der Waals surface area (Å²) in [5.74, 6) is 2.13. The molecule has 26 heavy (non-hydrogen) atoms. The quantitative estimate of drug-likeness (QED) is 0.633. The minimum Gasteiger partial charge on any atom is -0.497 e. The number of anilines is 1. The molecule has 0 saturated carbocycles. The molecular formula is C22H30N2OS. The summed E-state index contributed by atoms with van der Waals surface area (Å²) in [6.45, 7) is 7.90. The van der Waals surface area contributed by atoms with Gasteiger partial charge in [-0.1, -0.05) is 31.2 Å². The highest BCUT2D eigenvalue weighted by molar-refractivity contribution is 7.99. The minimum absolute atomic E-state index is 0.932. The second-order valence-electron chi connectivity index (χ2n) is 6.74. The average molecular weight is 371 g/mol. The van der Waals surface area contributed by atoms with Gasteiger partial charge in [0.05, 0.1) is 12.8 Å². The zero-order chi connectivity index (χ0) is 18.2. The number of piperazine rings is 1. The average Bonchev–Trinajstić information content (AvgIpc) is 2.72. The van der Waals surface area contributed by atoms with E-state index in [9.17, 15) is 0 Å². The molecule has 0 amide bonds. The van der Waals surface area contributed by atoms with Crippen LogP contribution in [0.1, 0.15) is 18.9 Å². The van der Waals surface area contributed by atoms with Crippen molar-refractivity contribution < 1.29 is 4.74 Å². The Bertz CT molecular complexity index is 666. The molecule has 1 aliphatic heterocycles. The predicted molar refractivity (Wildman–Crippen MR) is 113 cm³/mol. The van der Waals surface area contributed by atoms with Crippen molar-refractivity contribution in [2.75, 3.05) is 50.5 Å². The van der Waals surface area contributed by atoms with Crippen molar-refractivity contribution in [2.24, 2.45) is 0 Å². The van der Waals surface area contributed by atoms with Gasteiger partial charge < -0.3 is 9.64 Å². The molecule has 4 heteroatoms. The van der Waals surface area contributed by atoms with Crippen LogP contribution >= 0.6 is 11.8 Å². The smallest absolute Gasteiger partial charge is 0.118 e. The van der Waals surface area contributed by atoms with Gasteiger partial charge in [-0.3, -0.25) is 4.90 Å². The lowest BCUT2D eigenvalue weighted by Crippen LogP contribution is -2.47. The van der Waals surface area contributed by atoms with E-state index in [1.54, 1.807) is 7.11 Å². The summed E-state index contributed by atoms with van der Waals surface area (Å²) in [4.78, 5) is 6.57. The van der Waals surface area contributed by atoms with E-state index >= 15 is 0 Å². The van der Waals surface area contributed by atoms with E-state index in [0.29, 0.717) is 0 Å². The topological polar surface area (TPSA) is 15.7 Å². The lowest BCUT2D eigenvalue weighted by atomic mass is 10.1. The zero-order valence-electron chi connectivity index (χ0n) is 16.0. The van der Waals surface area contributed by atoms with Crippen LogP contribution < -0.4 is 9.64 Å². The number of methoxy groups -OCH3 is 1. The van der Waals surface area contributed by atoms with Gasteiger partial charge in [0.2, 0.25) is 0 Å². The number of rotatable bonds is 8. The molecule has 3 nitrogen and oxygen atoms in total. The summed E-state index contributed by atoms with van der Waals surface area (Å²) in [6.07, 6.45) is 2.32. The first-order valence-electron chi connectivity index (χ1n) is 9.62. The Morgan fingerprint density at radius 2 is 1.69 bits per heavy atom. The van der Waals surface area contributed by atoms with E-state index in [1.165, 1.54) is 28.3 Å². The number of hydrogen-bond donors (Lipinski definition) is 0. The minimum atomic E-state index is 0.932. The van der Waals surface area contributed by atoms with E-state index in [2.05, 4.69) is 65.3 Å². The van der Waals surface area contributed by atoms with Crippen molar-refractivity contribution in [1.82, 2.24) is 4.90 Å². The number of nitrogens with zero attached hydrogens (tertiary/aromatic N) is 2.